The van der Waals surface area contributed by atoms with E-state index in [0.29, 0.717) is 17.5 Å². The van der Waals surface area contributed by atoms with Gasteiger partial charge in [0, 0.05) is 5.92 Å². The molecule has 0 heterocycles. The van der Waals surface area contributed by atoms with Gasteiger partial charge in [-0.05, 0) is 59.6 Å². The Morgan fingerprint density at radius 2 is 1.85 bits per heavy atom. The maximum Gasteiger partial charge on any atom is 0.416 e. The summed E-state index contributed by atoms with van der Waals surface area (Å²) < 4.78 is 45.5. The summed E-state index contributed by atoms with van der Waals surface area (Å²) in [5, 5.41) is 0. The number of methoxy groups -OCH3 is 1. The maximum atomic E-state index is 13.6. The molecule has 4 rings (SSSR count). The number of rotatable bonds is 2. The molecule has 0 aromatic heterocycles. The summed E-state index contributed by atoms with van der Waals surface area (Å²) in [5.41, 5.74) is 1.98. The van der Waals surface area contributed by atoms with E-state index in [0.717, 1.165) is 36.5 Å². The van der Waals surface area contributed by atoms with Crippen molar-refractivity contribution >= 4 is 5.97 Å². The van der Waals surface area contributed by atoms with Gasteiger partial charge < -0.3 is 4.74 Å². The van der Waals surface area contributed by atoms with E-state index in [2.05, 4.69) is 0 Å². The number of fused-ring (bicyclic) bond motifs is 2. The fraction of sp³-hybridized carbons (Fsp3) is 0.381. The molecule has 0 bridgehead atoms. The summed E-state index contributed by atoms with van der Waals surface area (Å²) in [6.07, 6.45) is -0.664. The second kappa shape index (κ2) is 5.86. The van der Waals surface area contributed by atoms with Crippen LogP contribution in [0, 0.1) is 0 Å². The number of carbonyl (C=O) groups is 1. The first-order chi connectivity index (χ1) is 12.4. The molecule has 5 heteroatoms. The summed E-state index contributed by atoms with van der Waals surface area (Å²) >= 11 is 0. The number of ether oxygens (including phenoxy) is 1. The van der Waals surface area contributed by atoms with Crippen molar-refractivity contribution < 1.29 is 22.7 Å². The quantitative estimate of drug-likeness (QED) is 0.666. The van der Waals surface area contributed by atoms with Gasteiger partial charge in [-0.3, -0.25) is 0 Å². The first kappa shape index (κ1) is 17.1. The van der Waals surface area contributed by atoms with Crippen molar-refractivity contribution in [2.45, 2.75) is 43.2 Å². The van der Waals surface area contributed by atoms with Crippen LogP contribution in [0.1, 0.15) is 64.2 Å². The second-order valence-electron chi connectivity index (χ2n) is 7.27. The third-order valence-electron chi connectivity index (χ3n) is 5.97. The van der Waals surface area contributed by atoms with Crippen LogP contribution < -0.4 is 0 Å². The van der Waals surface area contributed by atoms with E-state index in [4.69, 9.17) is 4.74 Å². The molecule has 26 heavy (non-hydrogen) atoms. The summed E-state index contributed by atoms with van der Waals surface area (Å²) in [6.45, 7) is 0. The van der Waals surface area contributed by atoms with Crippen LogP contribution in [0.25, 0.3) is 0 Å². The van der Waals surface area contributed by atoms with E-state index >= 15 is 0 Å². The highest BCUT2D eigenvalue weighted by atomic mass is 19.4. The van der Waals surface area contributed by atoms with Crippen LogP contribution >= 0.6 is 0 Å². The zero-order chi connectivity index (χ0) is 18.5. The lowest BCUT2D eigenvalue weighted by Gasteiger charge is -2.40. The molecule has 2 nitrogen and oxygen atoms in total. The predicted octanol–water partition coefficient (Wildman–Crippen LogP) is 5.45. The molecule has 1 unspecified atom stereocenters. The Labute approximate surface area is 150 Å². The number of halogens is 3. The Morgan fingerprint density at radius 3 is 2.46 bits per heavy atom. The van der Waals surface area contributed by atoms with Crippen molar-refractivity contribution in [3.05, 3.63) is 70.3 Å². The van der Waals surface area contributed by atoms with Gasteiger partial charge in [0.15, 0.2) is 0 Å². The summed E-state index contributed by atoms with van der Waals surface area (Å²) in [6, 6.07) is 11.2. The van der Waals surface area contributed by atoms with Crippen molar-refractivity contribution in [1.82, 2.24) is 0 Å². The standard InChI is InChI=1S/C21H19F3O2/c1-26-19(25)13-7-8-17-15(11-13)16(12-20(17)9-4-10-20)14-5-2-3-6-18(14)21(22,23)24/h2-3,5-8,11,16H,4,9-10,12H2,1H3. The molecule has 1 atom stereocenters. The van der Waals surface area contributed by atoms with Crippen molar-refractivity contribution in [1.29, 1.82) is 0 Å². The number of benzene rings is 2. The lowest BCUT2D eigenvalue weighted by Crippen LogP contribution is -2.31. The predicted molar refractivity (Wildman–Crippen MR) is 91.2 cm³/mol. The highest BCUT2D eigenvalue weighted by Crippen LogP contribution is 2.59. The maximum absolute atomic E-state index is 13.6. The van der Waals surface area contributed by atoms with Crippen molar-refractivity contribution in [2.75, 3.05) is 7.11 Å². The number of esters is 1. The van der Waals surface area contributed by atoms with E-state index in [1.54, 1.807) is 24.3 Å². The molecule has 1 fully saturated rings. The Hall–Kier alpha value is -2.30. The van der Waals surface area contributed by atoms with Gasteiger partial charge in [0.2, 0.25) is 0 Å². The van der Waals surface area contributed by atoms with Crippen LogP contribution in [0.4, 0.5) is 13.2 Å². The number of alkyl halides is 3. The monoisotopic (exact) mass is 360 g/mol. The zero-order valence-electron chi connectivity index (χ0n) is 14.4. The van der Waals surface area contributed by atoms with Gasteiger partial charge >= 0.3 is 12.1 Å². The highest BCUT2D eigenvalue weighted by molar-refractivity contribution is 5.90. The highest BCUT2D eigenvalue weighted by Gasteiger charge is 2.49. The van der Waals surface area contributed by atoms with Gasteiger partial charge in [-0.15, -0.1) is 0 Å². The topological polar surface area (TPSA) is 26.3 Å². The molecular formula is C21H19F3O2. The number of hydrogen-bond donors (Lipinski definition) is 0. The van der Waals surface area contributed by atoms with Crippen molar-refractivity contribution in [3.63, 3.8) is 0 Å². The smallest absolute Gasteiger partial charge is 0.416 e. The molecule has 0 amide bonds. The fourth-order valence-corrected chi connectivity index (χ4v) is 4.60. The van der Waals surface area contributed by atoms with Crippen molar-refractivity contribution in [2.24, 2.45) is 0 Å². The second-order valence-corrected chi connectivity index (χ2v) is 7.27. The van der Waals surface area contributed by atoms with Gasteiger partial charge in [0.1, 0.15) is 0 Å². The summed E-state index contributed by atoms with van der Waals surface area (Å²) in [5.74, 6) is -0.821. The first-order valence-electron chi connectivity index (χ1n) is 8.75. The lowest BCUT2D eigenvalue weighted by atomic mass is 9.64. The Balaban J connectivity index is 1.87. The average Bonchev–Trinajstić information content (AvgIpc) is 2.95. The van der Waals surface area contributed by atoms with E-state index < -0.39 is 17.7 Å². The SMILES string of the molecule is COC(=O)c1ccc2c(c1)C(c1ccccc1C(F)(F)F)CC21CCC1. The number of carbonyl (C=O) groups excluding carboxylic acids is 1. The molecule has 136 valence electrons. The third kappa shape index (κ3) is 2.52. The van der Waals surface area contributed by atoms with Crippen LogP contribution in [0.15, 0.2) is 42.5 Å². The molecule has 1 spiro atoms. The minimum Gasteiger partial charge on any atom is -0.465 e. The van der Waals surface area contributed by atoms with E-state index in [9.17, 15) is 18.0 Å². The molecule has 0 radical (unpaired) electrons. The Bertz CT molecular complexity index is 866. The molecule has 1 saturated carbocycles. The summed E-state index contributed by atoms with van der Waals surface area (Å²) in [4.78, 5) is 11.9. The van der Waals surface area contributed by atoms with E-state index in [-0.39, 0.29) is 11.3 Å². The van der Waals surface area contributed by atoms with Crippen LogP contribution in [-0.2, 0) is 16.3 Å². The molecule has 2 aliphatic carbocycles. The van der Waals surface area contributed by atoms with Gasteiger partial charge in [-0.1, -0.05) is 30.7 Å². The van der Waals surface area contributed by atoms with Crippen LogP contribution in [0.3, 0.4) is 0 Å². The molecule has 2 aromatic carbocycles. The number of hydrogen-bond acceptors (Lipinski definition) is 2. The molecule has 2 aliphatic rings. The van der Waals surface area contributed by atoms with Gasteiger partial charge in [0.05, 0.1) is 18.2 Å². The van der Waals surface area contributed by atoms with Gasteiger partial charge in [0.25, 0.3) is 0 Å². The van der Waals surface area contributed by atoms with Crippen LogP contribution in [-0.4, -0.2) is 13.1 Å². The Kier molecular flexibility index (Phi) is 3.86. The minimum absolute atomic E-state index is 0.0483. The fourth-order valence-electron chi connectivity index (χ4n) is 4.60. The molecule has 0 aliphatic heterocycles. The normalized spacial score (nSPS) is 20.5. The molecule has 0 N–H and O–H groups in total. The van der Waals surface area contributed by atoms with Gasteiger partial charge in [-0.25, -0.2) is 4.79 Å². The first-order valence-corrected chi connectivity index (χ1v) is 8.75. The molecule has 0 saturated heterocycles. The Morgan fingerprint density at radius 1 is 1.12 bits per heavy atom. The van der Waals surface area contributed by atoms with Crippen LogP contribution in [0.2, 0.25) is 0 Å². The van der Waals surface area contributed by atoms with E-state index in [1.807, 2.05) is 6.07 Å². The molecular weight excluding hydrogens is 341 g/mol. The summed E-state index contributed by atoms with van der Waals surface area (Å²) in [7, 11) is 1.30. The third-order valence-corrected chi connectivity index (χ3v) is 5.97. The van der Waals surface area contributed by atoms with Crippen molar-refractivity contribution in [3.8, 4) is 0 Å². The average molecular weight is 360 g/mol. The zero-order valence-corrected chi connectivity index (χ0v) is 14.4. The van der Waals surface area contributed by atoms with Crippen LogP contribution in [0.5, 0.6) is 0 Å². The van der Waals surface area contributed by atoms with Gasteiger partial charge in [-0.2, -0.15) is 13.2 Å². The largest absolute Gasteiger partial charge is 0.465 e. The van der Waals surface area contributed by atoms with E-state index in [1.165, 1.54) is 13.2 Å². The minimum atomic E-state index is -4.40. The molecule has 2 aromatic rings. The lowest BCUT2D eigenvalue weighted by molar-refractivity contribution is -0.138.